The number of amides is 4. The number of carboxylic acids is 1. The third-order valence-corrected chi connectivity index (χ3v) is 8.85. The van der Waals surface area contributed by atoms with Crippen molar-refractivity contribution in [3.8, 4) is 0 Å². The number of aliphatic carboxylic acids is 1. The summed E-state index contributed by atoms with van der Waals surface area (Å²) >= 11 is 5.87. The minimum atomic E-state index is -2.55. The molecule has 1 heterocycles. The quantitative estimate of drug-likeness (QED) is 0.0309. The molecule has 61 heavy (non-hydrogen) atoms. The summed E-state index contributed by atoms with van der Waals surface area (Å²) in [6.45, 7) is 3.39. The summed E-state index contributed by atoms with van der Waals surface area (Å²) in [6, 6.07) is 4.97. The van der Waals surface area contributed by atoms with Gasteiger partial charge in [0.2, 0.25) is 23.6 Å². The normalized spacial score (nSPS) is 19.7. The summed E-state index contributed by atoms with van der Waals surface area (Å²) in [4.78, 5) is 59.7. The molecule has 0 aromatic heterocycles. The van der Waals surface area contributed by atoms with Crippen molar-refractivity contribution in [1.29, 1.82) is 0 Å². The van der Waals surface area contributed by atoms with E-state index >= 15 is 0 Å². The number of hydrogen-bond donors (Lipinski definition) is 9. The first-order chi connectivity index (χ1) is 29.3. The van der Waals surface area contributed by atoms with Crippen molar-refractivity contribution >= 4 is 41.2 Å². The van der Waals surface area contributed by atoms with Gasteiger partial charge in [-0.2, -0.15) is 0 Å². The molecule has 0 aliphatic carbocycles. The summed E-state index contributed by atoms with van der Waals surface area (Å²) in [5.41, 5.74) is 0.623. The Labute approximate surface area is 358 Å². The van der Waals surface area contributed by atoms with Gasteiger partial charge in [0, 0.05) is 44.4 Å². The van der Waals surface area contributed by atoms with E-state index in [0.29, 0.717) is 63.4 Å². The second kappa shape index (κ2) is 31.3. The molecule has 2 rings (SSSR count). The molecule has 1 aliphatic heterocycles. The van der Waals surface area contributed by atoms with Crippen LogP contribution in [-0.4, -0.2) is 204 Å². The van der Waals surface area contributed by atoms with Gasteiger partial charge in [-0.3, -0.25) is 19.2 Å². The maximum atomic E-state index is 12.4. The standard InChI is InChI=1S/C38H61ClN4O18/c1-26(45)40-7-10-55-13-16-58-19-18-57-15-12-54-9-6-31(48)41-8-11-56-14-17-59-20-21-60-38(37(52)53)23-29(46)34(43-33(50)25-44)36(61-38)35(51)30(47)24-42-32(49)22-27-2-4-28(39)5-3-27/h2-5,29-30,34-36,44,46-47,51H,6-25H2,1H3,(H,40,45)(H,41,48)(H,42,49)(H,43,50)(H,52,53)/t29-,30+,34+,35+,36+,38+/m0/s1. The summed E-state index contributed by atoms with van der Waals surface area (Å²) in [7, 11) is 0. The molecular formula is C38H61ClN4O18. The Bertz CT molecular complexity index is 1430. The zero-order chi connectivity index (χ0) is 44.9. The number of hydrogen-bond acceptors (Lipinski definition) is 17. The van der Waals surface area contributed by atoms with Crippen LogP contribution in [0.3, 0.4) is 0 Å². The van der Waals surface area contributed by atoms with E-state index in [2.05, 4.69) is 21.3 Å². The van der Waals surface area contributed by atoms with Crippen LogP contribution in [0.25, 0.3) is 0 Å². The molecule has 0 unspecified atom stereocenters. The molecular weight excluding hydrogens is 836 g/mol. The highest BCUT2D eigenvalue weighted by Gasteiger charge is 2.55. The Morgan fingerprint density at radius 2 is 1.28 bits per heavy atom. The van der Waals surface area contributed by atoms with Crippen LogP contribution < -0.4 is 21.3 Å². The zero-order valence-corrected chi connectivity index (χ0v) is 35.0. The highest BCUT2D eigenvalue weighted by atomic mass is 35.5. The Balaban J connectivity index is 1.62. The molecule has 23 heteroatoms. The smallest absolute Gasteiger partial charge is 0.364 e. The predicted octanol–water partition coefficient (Wildman–Crippen LogP) is -3.11. The fourth-order valence-corrected chi connectivity index (χ4v) is 5.65. The maximum Gasteiger partial charge on any atom is 0.364 e. The van der Waals surface area contributed by atoms with E-state index in [4.69, 9.17) is 49.5 Å². The van der Waals surface area contributed by atoms with E-state index in [1.165, 1.54) is 6.92 Å². The predicted molar refractivity (Wildman–Crippen MR) is 212 cm³/mol. The van der Waals surface area contributed by atoms with Crippen molar-refractivity contribution in [2.24, 2.45) is 0 Å². The zero-order valence-electron chi connectivity index (χ0n) is 34.3. The van der Waals surface area contributed by atoms with Gasteiger partial charge in [-0.05, 0) is 17.7 Å². The lowest BCUT2D eigenvalue weighted by molar-refractivity contribution is -0.312. The van der Waals surface area contributed by atoms with Crippen LogP contribution in [0.15, 0.2) is 24.3 Å². The molecule has 0 saturated carbocycles. The van der Waals surface area contributed by atoms with E-state index in [-0.39, 0.29) is 70.8 Å². The minimum absolute atomic E-state index is 0.0744. The number of aliphatic hydroxyl groups is 4. The molecule has 1 saturated heterocycles. The number of benzene rings is 1. The summed E-state index contributed by atoms with van der Waals surface area (Å²) in [5, 5.41) is 62.6. The number of nitrogens with one attached hydrogen (secondary N) is 4. The number of carboxylic acid groups (broad SMARTS) is 1. The topological polar surface area (TPSA) is 308 Å². The number of carbonyl (C=O) groups excluding carboxylic acids is 4. The van der Waals surface area contributed by atoms with Crippen molar-refractivity contribution in [1.82, 2.24) is 21.3 Å². The lowest BCUT2D eigenvalue weighted by atomic mass is 9.88. The van der Waals surface area contributed by atoms with Crippen molar-refractivity contribution < 1.29 is 87.4 Å². The second-order valence-corrected chi connectivity index (χ2v) is 13.9. The van der Waals surface area contributed by atoms with Gasteiger partial charge in [0.25, 0.3) is 5.79 Å². The first-order valence-corrected chi connectivity index (χ1v) is 20.1. The van der Waals surface area contributed by atoms with Crippen LogP contribution >= 0.6 is 11.6 Å². The summed E-state index contributed by atoms with van der Waals surface area (Å²) < 4.78 is 43.5. The highest BCUT2D eigenvalue weighted by molar-refractivity contribution is 6.30. The minimum Gasteiger partial charge on any atom is -0.477 e. The van der Waals surface area contributed by atoms with Gasteiger partial charge in [0.05, 0.1) is 111 Å². The Morgan fingerprint density at radius 1 is 0.754 bits per heavy atom. The van der Waals surface area contributed by atoms with Gasteiger partial charge in [-0.1, -0.05) is 23.7 Å². The molecule has 4 amide bonds. The largest absolute Gasteiger partial charge is 0.477 e. The fourth-order valence-electron chi connectivity index (χ4n) is 5.52. The number of rotatable bonds is 34. The lowest BCUT2D eigenvalue weighted by Gasteiger charge is -2.46. The maximum absolute atomic E-state index is 12.4. The monoisotopic (exact) mass is 896 g/mol. The molecule has 1 aliphatic rings. The third kappa shape index (κ3) is 22.9. The van der Waals surface area contributed by atoms with Crippen LogP contribution in [-0.2, 0) is 68.3 Å². The van der Waals surface area contributed by atoms with Crippen molar-refractivity contribution in [3.05, 3.63) is 34.9 Å². The van der Waals surface area contributed by atoms with Gasteiger partial charge < -0.3 is 84.7 Å². The van der Waals surface area contributed by atoms with Crippen molar-refractivity contribution in [2.45, 2.75) is 62.4 Å². The average molecular weight is 897 g/mol. The second-order valence-electron chi connectivity index (χ2n) is 13.4. The van der Waals surface area contributed by atoms with Crippen LogP contribution in [0.1, 0.15) is 25.3 Å². The number of aliphatic hydroxyl groups excluding tert-OH is 4. The summed E-state index contributed by atoms with van der Waals surface area (Å²) in [6.07, 6.45) is -7.87. The molecule has 0 radical (unpaired) electrons. The molecule has 1 aromatic rings. The molecule has 1 aromatic carbocycles. The average Bonchev–Trinajstić information content (AvgIpc) is 3.23. The van der Waals surface area contributed by atoms with E-state index < -0.39 is 73.6 Å². The van der Waals surface area contributed by atoms with E-state index in [9.17, 15) is 49.5 Å². The number of carbonyl (C=O) groups is 5. The Hall–Kier alpha value is -3.62. The van der Waals surface area contributed by atoms with Crippen LogP contribution in [0, 0.1) is 0 Å². The Morgan fingerprint density at radius 3 is 1.82 bits per heavy atom. The highest BCUT2D eigenvalue weighted by Crippen LogP contribution is 2.33. The van der Waals surface area contributed by atoms with E-state index in [1.807, 2.05) is 0 Å². The lowest BCUT2D eigenvalue weighted by Crippen LogP contribution is -2.68. The van der Waals surface area contributed by atoms with Crippen LogP contribution in [0.2, 0.25) is 5.02 Å². The van der Waals surface area contributed by atoms with Crippen LogP contribution in [0.5, 0.6) is 0 Å². The molecule has 0 bridgehead atoms. The molecule has 22 nitrogen and oxygen atoms in total. The van der Waals surface area contributed by atoms with Gasteiger partial charge >= 0.3 is 5.97 Å². The van der Waals surface area contributed by atoms with Gasteiger partial charge in [0.15, 0.2) is 0 Å². The number of ether oxygens (including phenoxy) is 8. The third-order valence-electron chi connectivity index (χ3n) is 8.60. The van der Waals surface area contributed by atoms with Crippen molar-refractivity contribution in [3.63, 3.8) is 0 Å². The summed E-state index contributed by atoms with van der Waals surface area (Å²) in [5.74, 6) is -6.06. The van der Waals surface area contributed by atoms with Gasteiger partial charge in [-0.15, -0.1) is 0 Å². The van der Waals surface area contributed by atoms with Crippen molar-refractivity contribution in [2.75, 3.05) is 112 Å². The molecule has 1 fully saturated rings. The first kappa shape index (κ1) is 53.5. The molecule has 9 N–H and O–H groups in total. The van der Waals surface area contributed by atoms with E-state index in [0.717, 1.165) is 0 Å². The molecule has 348 valence electrons. The molecule has 6 atom stereocenters. The Kier molecular flexibility index (Phi) is 27.4. The van der Waals surface area contributed by atoms with Gasteiger partial charge in [-0.25, -0.2) is 4.79 Å². The van der Waals surface area contributed by atoms with Crippen LogP contribution in [0.4, 0.5) is 0 Å². The fraction of sp³-hybridized carbons (Fsp3) is 0.711. The number of halogens is 1. The SMILES string of the molecule is CC(=O)NCCOCCOCCOCCOCCC(=O)NCCOCCOCCO[C@]1(C(=O)O)C[C@H](O)[C@@H](NC(=O)CO)[C@H]([C@H](O)[C@H](O)CNC(=O)Cc2ccc(Cl)cc2)O1. The van der Waals surface area contributed by atoms with E-state index in [1.54, 1.807) is 24.3 Å². The first-order valence-electron chi connectivity index (χ1n) is 19.8. The molecule has 0 spiro atoms. The van der Waals surface area contributed by atoms with Gasteiger partial charge in [0.1, 0.15) is 18.8 Å².